The Labute approximate surface area is 162 Å². The molecule has 0 radical (unpaired) electrons. The Morgan fingerprint density at radius 2 is 1.04 bits per heavy atom. The summed E-state index contributed by atoms with van der Waals surface area (Å²) >= 11 is -2.47. The SMILES string of the molecule is C=C(C)C(=O)[O-].CCC(C)(C)[O][Ti+]([O]C(C)(C)CC)[O]C(C)(C)CC. The van der Waals surface area contributed by atoms with Crippen molar-refractivity contribution in [3.63, 3.8) is 0 Å². The molecule has 25 heavy (non-hydrogen) atoms. The Morgan fingerprint density at radius 3 is 1.16 bits per heavy atom. The number of carbonyl (C=O) groups excluding carboxylic acids is 1. The van der Waals surface area contributed by atoms with E-state index in [1.165, 1.54) is 6.92 Å². The van der Waals surface area contributed by atoms with Crippen molar-refractivity contribution in [1.82, 2.24) is 0 Å². The average molecular weight is 394 g/mol. The predicted molar refractivity (Wildman–Crippen MR) is 96.2 cm³/mol. The summed E-state index contributed by atoms with van der Waals surface area (Å²) < 4.78 is 18.6. The zero-order chi connectivity index (χ0) is 20.5. The number of carbonyl (C=O) groups is 1. The van der Waals surface area contributed by atoms with Gasteiger partial charge >= 0.3 is 127 Å². The number of carboxylic acids is 1. The predicted octanol–water partition coefficient (Wildman–Crippen LogP) is 4.28. The molecule has 0 saturated heterocycles. The zero-order valence-electron chi connectivity index (χ0n) is 17.9. The van der Waals surface area contributed by atoms with Crippen LogP contribution in [0.2, 0.25) is 0 Å². The van der Waals surface area contributed by atoms with E-state index in [4.69, 9.17) is 9.96 Å². The zero-order valence-corrected chi connectivity index (χ0v) is 19.4. The van der Waals surface area contributed by atoms with Crippen molar-refractivity contribution in [3.8, 4) is 0 Å². The van der Waals surface area contributed by atoms with Gasteiger partial charge in [-0.05, 0) is 12.5 Å². The van der Waals surface area contributed by atoms with Crippen LogP contribution in [0.1, 0.15) is 88.5 Å². The monoisotopic (exact) mass is 394 g/mol. The normalized spacial score (nSPS) is 12.2. The van der Waals surface area contributed by atoms with Gasteiger partial charge in [-0.25, -0.2) is 0 Å². The topological polar surface area (TPSA) is 67.8 Å². The van der Waals surface area contributed by atoms with E-state index in [0.717, 1.165) is 19.3 Å². The molecule has 0 saturated carbocycles. The minimum absolute atomic E-state index is 0.0648. The average Bonchev–Trinajstić information content (AvgIpc) is 2.46. The standard InChI is InChI=1S/3C5H11O.C4H6O2.Ti/c3*1-4-5(2,3)6;1-3(2)4(5)6;/h3*4H2,1-3H3;1H2,2H3,(H,5,6);/q3*-1;;+4/p-1. The molecule has 0 aliphatic carbocycles. The van der Waals surface area contributed by atoms with Gasteiger partial charge in [-0.3, -0.25) is 0 Å². The second-order valence-electron chi connectivity index (χ2n) is 7.96. The molecular weight excluding hydrogens is 356 g/mol. The van der Waals surface area contributed by atoms with Gasteiger partial charge in [0.2, 0.25) is 0 Å². The quantitative estimate of drug-likeness (QED) is 0.409. The number of rotatable bonds is 10. The van der Waals surface area contributed by atoms with Crippen molar-refractivity contribution in [1.29, 1.82) is 0 Å². The summed E-state index contributed by atoms with van der Waals surface area (Å²) in [5, 5.41) is 9.49. The first-order valence-electron chi connectivity index (χ1n) is 8.92. The summed E-state index contributed by atoms with van der Waals surface area (Å²) in [6.07, 6.45) is 2.86. The van der Waals surface area contributed by atoms with Gasteiger partial charge in [-0.2, -0.15) is 0 Å². The third-order valence-electron chi connectivity index (χ3n) is 3.98. The van der Waals surface area contributed by atoms with Crippen LogP contribution in [0.4, 0.5) is 0 Å². The molecule has 0 bridgehead atoms. The van der Waals surface area contributed by atoms with Crippen LogP contribution in [0.3, 0.4) is 0 Å². The van der Waals surface area contributed by atoms with Crippen LogP contribution in [0.25, 0.3) is 0 Å². The van der Waals surface area contributed by atoms with Crippen molar-refractivity contribution in [2.75, 3.05) is 0 Å². The first-order chi connectivity index (χ1) is 11.1. The summed E-state index contributed by atoms with van der Waals surface area (Å²) in [4.78, 5) is 9.49. The van der Waals surface area contributed by atoms with E-state index in [1.807, 2.05) is 0 Å². The molecule has 0 aromatic carbocycles. The van der Waals surface area contributed by atoms with Crippen molar-refractivity contribution < 1.29 is 38.9 Å². The van der Waals surface area contributed by atoms with Crippen molar-refractivity contribution in [2.24, 2.45) is 0 Å². The molecule has 5 nitrogen and oxygen atoms in total. The fourth-order valence-electron chi connectivity index (χ4n) is 0.956. The van der Waals surface area contributed by atoms with Crippen LogP contribution >= 0.6 is 0 Å². The fourth-order valence-corrected chi connectivity index (χ4v) is 3.94. The molecule has 148 valence electrons. The van der Waals surface area contributed by atoms with Gasteiger partial charge in [0.1, 0.15) is 0 Å². The maximum absolute atomic E-state index is 9.49. The molecule has 0 rings (SSSR count). The molecule has 0 aliphatic rings. The Kier molecular flexibility index (Phi) is 12.4. The Balaban J connectivity index is 0. The maximum atomic E-state index is 9.49. The fraction of sp³-hybridized carbons (Fsp3) is 0.842. The van der Waals surface area contributed by atoms with E-state index in [-0.39, 0.29) is 22.4 Å². The summed E-state index contributed by atoms with van der Waals surface area (Å²) in [5.74, 6) is -1.19. The number of carboxylic acid groups (broad SMARTS) is 1. The van der Waals surface area contributed by atoms with Crippen molar-refractivity contribution in [2.45, 2.75) is 105 Å². The van der Waals surface area contributed by atoms with Gasteiger partial charge in [0.15, 0.2) is 0 Å². The third kappa shape index (κ3) is 14.6. The van der Waals surface area contributed by atoms with E-state index in [2.05, 4.69) is 68.9 Å². The number of hydrogen-bond donors (Lipinski definition) is 0. The molecule has 0 atom stereocenters. The van der Waals surface area contributed by atoms with Gasteiger partial charge in [0.25, 0.3) is 0 Å². The van der Waals surface area contributed by atoms with Crippen LogP contribution in [0.15, 0.2) is 12.2 Å². The molecule has 0 fully saturated rings. The molecule has 0 unspecified atom stereocenters. The molecular formula is C19H38O5Ti. The molecule has 0 heterocycles. The van der Waals surface area contributed by atoms with Gasteiger partial charge in [-0.15, -0.1) is 0 Å². The van der Waals surface area contributed by atoms with Crippen LogP contribution in [-0.2, 0) is 33.8 Å². The Hall–Kier alpha value is -0.196. The summed E-state index contributed by atoms with van der Waals surface area (Å²) in [6.45, 7) is 23.5. The van der Waals surface area contributed by atoms with E-state index in [1.54, 1.807) is 0 Å². The van der Waals surface area contributed by atoms with Crippen molar-refractivity contribution in [3.05, 3.63) is 12.2 Å². The van der Waals surface area contributed by atoms with E-state index < -0.39 is 25.0 Å². The molecule has 0 aliphatic heterocycles. The van der Waals surface area contributed by atoms with Crippen molar-refractivity contribution >= 4 is 5.97 Å². The molecule has 0 aromatic heterocycles. The van der Waals surface area contributed by atoms with Crippen LogP contribution in [-0.4, -0.2) is 22.8 Å². The summed E-state index contributed by atoms with van der Waals surface area (Å²) in [5.41, 5.74) is -0.468. The second-order valence-corrected chi connectivity index (χ2v) is 9.70. The molecule has 0 N–H and O–H groups in total. The molecule has 0 spiro atoms. The number of hydrogen-bond acceptors (Lipinski definition) is 5. The summed E-state index contributed by atoms with van der Waals surface area (Å²) in [7, 11) is 0. The third-order valence-corrected chi connectivity index (χ3v) is 7.35. The van der Waals surface area contributed by atoms with Gasteiger partial charge < -0.3 is 9.90 Å². The molecule has 0 aromatic rings. The Bertz CT molecular complexity index is 361. The molecule has 0 amide bonds. The number of aliphatic carboxylic acids is 1. The van der Waals surface area contributed by atoms with Gasteiger partial charge in [0, 0.05) is 0 Å². The van der Waals surface area contributed by atoms with Crippen LogP contribution in [0, 0.1) is 0 Å². The van der Waals surface area contributed by atoms with Gasteiger partial charge in [-0.1, -0.05) is 6.58 Å². The molecule has 6 heteroatoms. The Morgan fingerprint density at radius 1 is 0.840 bits per heavy atom. The first kappa shape index (κ1) is 27.0. The van der Waals surface area contributed by atoms with Crippen LogP contribution in [0.5, 0.6) is 0 Å². The van der Waals surface area contributed by atoms with E-state index >= 15 is 0 Å². The minimum atomic E-state index is -2.47. The van der Waals surface area contributed by atoms with Gasteiger partial charge in [0.05, 0.1) is 5.97 Å². The summed E-state index contributed by atoms with van der Waals surface area (Å²) in [6, 6.07) is 0. The first-order valence-corrected chi connectivity index (χ1v) is 10.8. The van der Waals surface area contributed by atoms with Crippen LogP contribution < -0.4 is 5.11 Å². The van der Waals surface area contributed by atoms with E-state index in [9.17, 15) is 9.90 Å². The van der Waals surface area contributed by atoms with E-state index in [0.29, 0.717) is 0 Å². The second kappa shape index (κ2) is 11.5.